The van der Waals surface area contributed by atoms with Crippen LogP contribution in [0.2, 0.25) is 0 Å². The van der Waals surface area contributed by atoms with Crippen molar-refractivity contribution >= 4 is 17.5 Å². The van der Waals surface area contributed by atoms with Crippen LogP contribution in [0, 0.1) is 0 Å². The molecule has 0 aliphatic carbocycles. The van der Waals surface area contributed by atoms with Gasteiger partial charge < -0.3 is 10.4 Å². The number of nitrogens with one attached hydrogen (secondary N) is 1. The first-order valence-corrected chi connectivity index (χ1v) is 8.52. The van der Waals surface area contributed by atoms with E-state index in [1.165, 1.54) is 0 Å². The molecule has 0 amide bonds. The highest BCUT2D eigenvalue weighted by atomic mass is 16.4. The Bertz CT molecular complexity index is 1070. The maximum absolute atomic E-state index is 11.5. The van der Waals surface area contributed by atoms with Crippen LogP contribution in [0.5, 0.6) is 0 Å². The molecule has 0 radical (unpaired) electrons. The number of nitrogens with zero attached hydrogens (tertiary/aromatic N) is 2. The fourth-order valence-electron chi connectivity index (χ4n) is 2.90. The lowest BCUT2D eigenvalue weighted by atomic mass is 10.1. The highest BCUT2D eigenvalue weighted by molar-refractivity contribution is 5.95. The van der Waals surface area contributed by atoms with Gasteiger partial charge in [-0.2, -0.15) is 5.10 Å². The second-order valence-corrected chi connectivity index (χ2v) is 6.00. The fourth-order valence-corrected chi connectivity index (χ4v) is 2.90. The quantitative estimate of drug-likeness (QED) is 0.530. The molecule has 27 heavy (non-hydrogen) atoms. The number of benzene rings is 3. The lowest BCUT2D eigenvalue weighted by molar-refractivity contribution is 0.0698. The van der Waals surface area contributed by atoms with Crippen molar-refractivity contribution in [3.8, 4) is 16.9 Å². The van der Waals surface area contributed by atoms with Gasteiger partial charge in [-0.25, -0.2) is 9.48 Å². The lowest BCUT2D eigenvalue weighted by Crippen LogP contribution is -2.06. The second kappa shape index (κ2) is 7.17. The van der Waals surface area contributed by atoms with Crippen LogP contribution < -0.4 is 5.32 Å². The van der Waals surface area contributed by atoms with Gasteiger partial charge in [-0.15, -0.1) is 0 Å². The molecule has 1 aromatic heterocycles. The van der Waals surface area contributed by atoms with Crippen LogP contribution in [0.4, 0.5) is 11.5 Å². The molecule has 0 aliphatic heterocycles. The largest absolute Gasteiger partial charge is 0.478 e. The molecule has 5 nitrogen and oxygen atoms in total. The number of carboxylic acid groups (broad SMARTS) is 1. The number of anilines is 2. The first kappa shape index (κ1) is 16.6. The van der Waals surface area contributed by atoms with Crippen molar-refractivity contribution in [3.05, 3.63) is 96.6 Å². The normalized spacial score (nSPS) is 10.5. The van der Waals surface area contributed by atoms with Crippen molar-refractivity contribution in [1.82, 2.24) is 9.78 Å². The summed E-state index contributed by atoms with van der Waals surface area (Å²) in [5.41, 5.74) is 3.40. The Morgan fingerprint density at radius 2 is 1.48 bits per heavy atom. The van der Waals surface area contributed by atoms with Gasteiger partial charge in [0, 0.05) is 11.6 Å². The molecule has 0 fully saturated rings. The van der Waals surface area contributed by atoms with Crippen molar-refractivity contribution in [2.24, 2.45) is 0 Å². The molecule has 2 N–H and O–H groups in total. The summed E-state index contributed by atoms with van der Waals surface area (Å²) in [6.07, 6.45) is 0. The first-order valence-electron chi connectivity index (χ1n) is 8.52. The van der Waals surface area contributed by atoms with E-state index < -0.39 is 5.97 Å². The predicted octanol–water partition coefficient (Wildman–Crippen LogP) is 4.98. The molecular formula is C22H17N3O2. The second-order valence-electron chi connectivity index (χ2n) is 6.00. The standard InChI is InChI=1S/C22H17N3O2/c26-22(27)18-13-7-8-14-19(18)23-21-15-20(16-9-3-1-4-10-16)24-25(21)17-11-5-2-6-12-17/h1-15,23H,(H,26,27). The Labute approximate surface area is 156 Å². The van der Waals surface area contributed by atoms with Crippen LogP contribution in [-0.2, 0) is 0 Å². The van der Waals surface area contributed by atoms with Gasteiger partial charge in [0.15, 0.2) is 0 Å². The maximum atomic E-state index is 11.5. The molecule has 0 spiro atoms. The molecule has 0 aliphatic rings. The van der Waals surface area contributed by atoms with E-state index in [4.69, 9.17) is 5.10 Å². The van der Waals surface area contributed by atoms with Crippen LogP contribution in [-0.4, -0.2) is 20.9 Å². The van der Waals surface area contributed by atoms with E-state index >= 15 is 0 Å². The third-order valence-electron chi connectivity index (χ3n) is 4.20. The molecule has 1 heterocycles. The van der Waals surface area contributed by atoms with Gasteiger partial charge in [-0.3, -0.25) is 0 Å². The van der Waals surface area contributed by atoms with Crippen LogP contribution >= 0.6 is 0 Å². The summed E-state index contributed by atoms with van der Waals surface area (Å²) < 4.78 is 1.78. The summed E-state index contributed by atoms with van der Waals surface area (Å²) in [6.45, 7) is 0. The van der Waals surface area contributed by atoms with Gasteiger partial charge in [0.2, 0.25) is 0 Å². The molecular weight excluding hydrogens is 338 g/mol. The molecule has 0 atom stereocenters. The molecule has 4 rings (SSSR count). The third kappa shape index (κ3) is 3.43. The zero-order chi connectivity index (χ0) is 18.6. The third-order valence-corrected chi connectivity index (χ3v) is 4.20. The zero-order valence-electron chi connectivity index (χ0n) is 14.4. The van der Waals surface area contributed by atoms with Gasteiger partial charge in [0.25, 0.3) is 0 Å². The summed E-state index contributed by atoms with van der Waals surface area (Å²) in [4.78, 5) is 11.5. The van der Waals surface area contributed by atoms with E-state index in [1.54, 1.807) is 28.9 Å². The van der Waals surface area contributed by atoms with Crippen molar-refractivity contribution in [2.75, 3.05) is 5.32 Å². The maximum Gasteiger partial charge on any atom is 0.337 e. The van der Waals surface area contributed by atoms with Crippen molar-refractivity contribution in [3.63, 3.8) is 0 Å². The van der Waals surface area contributed by atoms with Crippen molar-refractivity contribution in [2.45, 2.75) is 0 Å². The Morgan fingerprint density at radius 3 is 2.19 bits per heavy atom. The van der Waals surface area contributed by atoms with E-state index in [0.717, 1.165) is 16.9 Å². The number of carboxylic acids is 1. The summed E-state index contributed by atoms with van der Waals surface area (Å²) in [5.74, 6) is -0.291. The van der Waals surface area contributed by atoms with E-state index in [0.29, 0.717) is 11.5 Å². The molecule has 0 unspecified atom stereocenters. The Hall–Kier alpha value is -3.86. The average Bonchev–Trinajstić information content (AvgIpc) is 3.13. The number of rotatable bonds is 5. The van der Waals surface area contributed by atoms with E-state index in [-0.39, 0.29) is 5.56 Å². The SMILES string of the molecule is O=C(O)c1ccccc1Nc1cc(-c2ccccc2)nn1-c1ccccc1. The first-order chi connectivity index (χ1) is 13.2. The summed E-state index contributed by atoms with van der Waals surface area (Å²) in [7, 11) is 0. The number of para-hydroxylation sites is 2. The predicted molar refractivity (Wildman–Crippen MR) is 106 cm³/mol. The van der Waals surface area contributed by atoms with Crippen LogP contribution in [0.1, 0.15) is 10.4 Å². The van der Waals surface area contributed by atoms with Gasteiger partial charge in [0.1, 0.15) is 5.82 Å². The average molecular weight is 355 g/mol. The number of hydrogen-bond donors (Lipinski definition) is 2. The van der Waals surface area contributed by atoms with Crippen molar-refractivity contribution in [1.29, 1.82) is 0 Å². The molecule has 3 aromatic carbocycles. The number of aromatic nitrogens is 2. The highest BCUT2D eigenvalue weighted by Gasteiger charge is 2.14. The van der Waals surface area contributed by atoms with Crippen LogP contribution in [0.25, 0.3) is 16.9 Å². The van der Waals surface area contributed by atoms with E-state index in [9.17, 15) is 9.90 Å². The monoisotopic (exact) mass is 355 g/mol. The zero-order valence-corrected chi connectivity index (χ0v) is 14.4. The van der Waals surface area contributed by atoms with E-state index in [2.05, 4.69) is 5.32 Å². The smallest absolute Gasteiger partial charge is 0.337 e. The van der Waals surface area contributed by atoms with Gasteiger partial charge in [-0.05, 0) is 24.3 Å². The molecule has 5 heteroatoms. The van der Waals surface area contributed by atoms with Gasteiger partial charge in [-0.1, -0.05) is 60.7 Å². The van der Waals surface area contributed by atoms with Gasteiger partial charge in [0.05, 0.1) is 22.6 Å². The van der Waals surface area contributed by atoms with Gasteiger partial charge >= 0.3 is 5.97 Å². The molecule has 0 saturated heterocycles. The van der Waals surface area contributed by atoms with Crippen molar-refractivity contribution < 1.29 is 9.90 Å². The fraction of sp³-hybridized carbons (Fsp3) is 0. The van der Waals surface area contributed by atoms with E-state index in [1.807, 2.05) is 66.7 Å². The lowest BCUT2D eigenvalue weighted by Gasteiger charge is -2.11. The molecule has 0 bridgehead atoms. The Kier molecular flexibility index (Phi) is 4.41. The van der Waals surface area contributed by atoms with Crippen LogP contribution in [0.15, 0.2) is 91.0 Å². The highest BCUT2D eigenvalue weighted by Crippen LogP contribution is 2.28. The summed E-state index contributed by atoms with van der Waals surface area (Å²) in [5, 5.41) is 17.4. The topological polar surface area (TPSA) is 67.2 Å². The Morgan fingerprint density at radius 1 is 0.852 bits per heavy atom. The Balaban J connectivity index is 1.82. The minimum absolute atomic E-state index is 0.208. The number of carbonyl (C=O) groups is 1. The minimum atomic E-state index is -0.979. The number of hydrogen-bond acceptors (Lipinski definition) is 3. The molecule has 132 valence electrons. The molecule has 0 saturated carbocycles. The van der Waals surface area contributed by atoms with Crippen LogP contribution in [0.3, 0.4) is 0 Å². The summed E-state index contributed by atoms with van der Waals surface area (Å²) in [6, 6.07) is 28.3. The molecule has 4 aromatic rings. The summed E-state index contributed by atoms with van der Waals surface area (Å²) >= 11 is 0. The minimum Gasteiger partial charge on any atom is -0.478 e. The number of aromatic carboxylic acids is 1.